The van der Waals surface area contributed by atoms with Crippen molar-refractivity contribution in [2.75, 3.05) is 50.8 Å². The molecule has 8 nitrogen and oxygen atoms in total. The molecule has 3 aliphatic rings. The molecule has 0 amide bonds. The number of hydrogen-bond donors (Lipinski definition) is 1. The van der Waals surface area contributed by atoms with E-state index in [0.717, 1.165) is 74.1 Å². The van der Waals surface area contributed by atoms with Crippen LogP contribution in [-0.4, -0.2) is 78.0 Å². The van der Waals surface area contributed by atoms with Crippen molar-refractivity contribution in [2.24, 2.45) is 11.3 Å². The van der Waals surface area contributed by atoms with Gasteiger partial charge in [0.15, 0.2) is 6.29 Å². The van der Waals surface area contributed by atoms with E-state index in [4.69, 9.17) is 9.47 Å². The zero-order valence-electron chi connectivity index (χ0n) is 26.6. The zero-order chi connectivity index (χ0) is 30.8. The average Bonchev–Trinajstić information content (AvgIpc) is 3.52. The normalized spacial score (nSPS) is 19.2. The van der Waals surface area contributed by atoms with Crippen molar-refractivity contribution >= 4 is 23.0 Å². The number of anilines is 1. The van der Waals surface area contributed by atoms with Crippen LogP contribution in [0.15, 0.2) is 67.0 Å². The van der Waals surface area contributed by atoms with Gasteiger partial charge >= 0.3 is 0 Å². The Labute approximate surface area is 266 Å². The number of H-pyrrole nitrogens is 1. The molecule has 1 saturated carbocycles. The van der Waals surface area contributed by atoms with E-state index in [9.17, 15) is 4.79 Å². The fourth-order valence-electron chi connectivity index (χ4n) is 7.35. The van der Waals surface area contributed by atoms with Crippen LogP contribution in [0, 0.1) is 11.3 Å². The number of ether oxygens (including phenoxy) is 2. The first kappa shape index (κ1) is 29.8. The number of rotatable bonds is 10. The Hall–Kier alpha value is -3.88. The number of pyridine rings is 1. The number of piperazine rings is 1. The second-order valence-electron chi connectivity index (χ2n) is 13.7. The highest BCUT2D eigenvalue weighted by molar-refractivity contribution is 5.81. The van der Waals surface area contributed by atoms with E-state index < -0.39 is 0 Å². The van der Waals surface area contributed by atoms with Gasteiger partial charge in [-0.15, -0.1) is 0 Å². The smallest absolute Gasteiger partial charge is 0.153 e. The third-order valence-electron chi connectivity index (χ3n) is 10.1. The summed E-state index contributed by atoms with van der Waals surface area (Å²) in [6, 6.07) is 19.3. The number of nitrogens with one attached hydrogen (secondary N) is 1. The summed E-state index contributed by atoms with van der Waals surface area (Å²) in [4.78, 5) is 27.1. The van der Waals surface area contributed by atoms with Crippen LogP contribution in [-0.2, 0) is 6.54 Å². The molecule has 3 fully saturated rings. The van der Waals surface area contributed by atoms with Crippen molar-refractivity contribution in [2.45, 2.75) is 52.1 Å². The summed E-state index contributed by atoms with van der Waals surface area (Å²) in [5.74, 6) is 2.71. The average molecular weight is 608 g/mol. The minimum absolute atomic E-state index is 0.484. The lowest BCUT2D eigenvalue weighted by Gasteiger charge is -2.56. The molecule has 1 aliphatic carbocycles. The van der Waals surface area contributed by atoms with E-state index in [-0.39, 0.29) is 0 Å². The van der Waals surface area contributed by atoms with Crippen molar-refractivity contribution in [3.05, 3.63) is 78.1 Å². The molecule has 4 aromatic rings. The Morgan fingerprint density at radius 1 is 0.956 bits per heavy atom. The Bertz CT molecular complexity index is 1590. The molecule has 7 rings (SSSR count). The Morgan fingerprint density at radius 3 is 2.47 bits per heavy atom. The third-order valence-corrected chi connectivity index (χ3v) is 10.1. The van der Waals surface area contributed by atoms with Crippen LogP contribution in [0.3, 0.4) is 0 Å². The van der Waals surface area contributed by atoms with Gasteiger partial charge in [-0.25, -0.2) is 4.98 Å². The lowest BCUT2D eigenvalue weighted by molar-refractivity contribution is -0.0355. The number of piperidine rings is 1. The quantitative estimate of drug-likeness (QED) is 0.200. The van der Waals surface area contributed by atoms with Crippen molar-refractivity contribution in [1.82, 2.24) is 19.8 Å². The van der Waals surface area contributed by atoms with Gasteiger partial charge in [0.05, 0.1) is 18.4 Å². The standard InChI is InChI=1S/C37H45N5O3/c1-27(2)26-44-33-7-3-28(4-8-33)24-40-15-17-42(18-16-40)32-21-37(22-32)10-13-41(14-11-37)31-6-5-30(25-43)35(20-31)45-34-19-29-9-12-38-36(29)39-23-34/h3-9,12,19-20,23,25,27,32H,10-11,13-18,21-22,24,26H2,1-2H3,(H,38,39). The highest BCUT2D eigenvalue weighted by atomic mass is 16.5. The molecular formula is C37H45N5O3. The van der Waals surface area contributed by atoms with E-state index in [2.05, 4.69) is 68.8 Å². The van der Waals surface area contributed by atoms with E-state index in [1.807, 2.05) is 30.5 Å². The number of aromatic nitrogens is 2. The summed E-state index contributed by atoms with van der Waals surface area (Å²) in [5, 5.41) is 0.979. The molecule has 1 spiro atoms. The van der Waals surface area contributed by atoms with Crippen LogP contribution in [0.25, 0.3) is 11.0 Å². The van der Waals surface area contributed by atoms with Gasteiger partial charge in [0.1, 0.15) is 22.9 Å². The molecule has 4 heterocycles. The largest absolute Gasteiger partial charge is 0.493 e. The first-order valence-corrected chi connectivity index (χ1v) is 16.6. The van der Waals surface area contributed by atoms with Gasteiger partial charge in [0.2, 0.25) is 0 Å². The van der Waals surface area contributed by atoms with Crippen molar-refractivity contribution in [1.29, 1.82) is 0 Å². The number of aldehydes is 1. The van der Waals surface area contributed by atoms with Gasteiger partial charge in [0.25, 0.3) is 0 Å². The Balaban J connectivity index is 0.878. The van der Waals surface area contributed by atoms with E-state index >= 15 is 0 Å². The maximum Gasteiger partial charge on any atom is 0.153 e. The Morgan fingerprint density at radius 2 is 1.73 bits per heavy atom. The van der Waals surface area contributed by atoms with Crippen LogP contribution < -0.4 is 14.4 Å². The molecule has 2 saturated heterocycles. The molecule has 0 atom stereocenters. The van der Waals surface area contributed by atoms with Gasteiger partial charge in [-0.2, -0.15) is 0 Å². The number of hydrogen-bond acceptors (Lipinski definition) is 7. The maximum atomic E-state index is 11.8. The van der Waals surface area contributed by atoms with Crippen LogP contribution in [0.5, 0.6) is 17.2 Å². The molecule has 0 radical (unpaired) electrons. The third kappa shape index (κ3) is 6.72. The first-order chi connectivity index (χ1) is 21.9. The number of fused-ring (bicyclic) bond motifs is 1. The van der Waals surface area contributed by atoms with Crippen LogP contribution in [0.2, 0.25) is 0 Å². The predicted molar refractivity (Wildman–Crippen MR) is 179 cm³/mol. The van der Waals surface area contributed by atoms with Crippen molar-refractivity contribution in [3.8, 4) is 17.2 Å². The lowest BCUT2D eigenvalue weighted by Crippen LogP contribution is -2.59. The van der Waals surface area contributed by atoms with E-state index in [1.165, 1.54) is 44.3 Å². The molecule has 236 valence electrons. The molecule has 2 aromatic carbocycles. The van der Waals surface area contributed by atoms with E-state index in [1.54, 1.807) is 6.20 Å². The Kier molecular flexibility index (Phi) is 8.51. The molecule has 8 heteroatoms. The topological polar surface area (TPSA) is 73.9 Å². The maximum absolute atomic E-state index is 11.8. The molecule has 2 aromatic heterocycles. The second kappa shape index (κ2) is 12.9. The van der Waals surface area contributed by atoms with Crippen LogP contribution in [0.4, 0.5) is 5.69 Å². The first-order valence-electron chi connectivity index (χ1n) is 16.6. The lowest BCUT2D eigenvalue weighted by atomic mass is 9.60. The molecule has 45 heavy (non-hydrogen) atoms. The van der Waals surface area contributed by atoms with Gasteiger partial charge in [-0.1, -0.05) is 26.0 Å². The van der Waals surface area contributed by atoms with Crippen molar-refractivity contribution < 1.29 is 14.3 Å². The minimum Gasteiger partial charge on any atom is -0.493 e. The fourth-order valence-corrected chi connectivity index (χ4v) is 7.35. The number of nitrogens with zero attached hydrogens (tertiary/aromatic N) is 4. The van der Waals surface area contributed by atoms with Crippen molar-refractivity contribution in [3.63, 3.8) is 0 Å². The summed E-state index contributed by atoms with van der Waals surface area (Å²) in [6.45, 7) is 12.8. The fraction of sp³-hybridized carbons (Fsp3) is 0.459. The minimum atomic E-state index is 0.484. The van der Waals surface area contributed by atoms with E-state index in [0.29, 0.717) is 28.4 Å². The molecule has 1 N–H and O–H groups in total. The van der Waals surface area contributed by atoms with Gasteiger partial charge in [-0.3, -0.25) is 14.6 Å². The SMILES string of the molecule is CC(C)COc1ccc(CN2CCN(C3CC4(CCN(c5ccc(C=O)c(Oc6cnc7[nH]ccc7c6)c5)CC4)C3)CC2)cc1. The highest BCUT2D eigenvalue weighted by Crippen LogP contribution is 2.51. The molecular weight excluding hydrogens is 562 g/mol. The zero-order valence-corrected chi connectivity index (χ0v) is 26.6. The number of aromatic amines is 1. The summed E-state index contributed by atoms with van der Waals surface area (Å²) in [7, 11) is 0. The molecule has 2 aliphatic heterocycles. The summed E-state index contributed by atoms with van der Waals surface area (Å²) in [5.41, 5.74) is 4.33. The summed E-state index contributed by atoms with van der Waals surface area (Å²) >= 11 is 0. The molecule has 0 unspecified atom stereocenters. The summed E-state index contributed by atoms with van der Waals surface area (Å²) in [6.07, 6.45) is 9.51. The number of carbonyl (C=O) groups is 1. The van der Waals surface area contributed by atoms with Gasteiger partial charge in [-0.05, 0) is 79.0 Å². The van der Waals surface area contributed by atoms with Gasteiger partial charge in [0, 0.05) is 75.2 Å². The monoisotopic (exact) mass is 607 g/mol. The van der Waals surface area contributed by atoms with Crippen LogP contribution >= 0.6 is 0 Å². The highest BCUT2D eigenvalue weighted by Gasteiger charge is 2.48. The predicted octanol–water partition coefficient (Wildman–Crippen LogP) is 6.77. The number of benzene rings is 2. The summed E-state index contributed by atoms with van der Waals surface area (Å²) < 4.78 is 12.0. The van der Waals surface area contributed by atoms with Gasteiger partial charge < -0.3 is 19.4 Å². The molecule has 0 bridgehead atoms. The van der Waals surface area contributed by atoms with Crippen LogP contribution in [0.1, 0.15) is 55.5 Å². The second-order valence-corrected chi connectivity index (χ2v) is 13.7. The number of carbonyl (C=O) groups excluding carboxylic acids is 1.